The van der Waals surface area contributed by atoms with Gasteiger partial charge in [-0.2, -0.15) is 0 Å². The highest BCUT2D eigenvalue weighted by Gasteiger charge is 2.17. The van der Waals surface area contributed by atoms with E-state index in [4.69, 9.17) is 0 Å². The number of likely N-dealkylation sites (tertiary alicyclic amines) is 1. The molecule has 0 aromatic heterocycles. The molecule has 0 bridgehead atoms. The van der Waals surface area contributed by atoms with E-state index in [-0.39, 0.29) is 12.5 Å². The van der Waals surface area contributed by atoms with Gasteiger partial charge < -0.3 is 15.5 Å². The Hall–Kier alpha value is -1.21. The predicted molar refractivity (Wildman–Crippen MR) is 114 cm³/mol. The lowest BCUT2D eigenvalue weighted by Crippen LogP contribution is -2.39. The molecule has 7 heteroatoms. The fourth-order valence-corrected chi connectivity index (χ4v) is 4.31. The number of rotatable bonds is 9. The Morgan fingerprint density at radius 3 is 2.73 bits per heavy atom. The van der Waals surface area contributed by atoms with Gasteiger partial charge in [-0.3, -0.25) is 4.79 Å². The van der Waals surface area contributed by atoms with Crippen LogP contribution < -0.4 is 10.6 Å². The lowest BCUT2D eigenvalue weighted by atomic mass is 10.3. The number of unbranched alkanes of at least 4 members (excludes halogenated alkanes) is 1. The van der Waals surface area contributed by atoms with Crippen LogP contribution in [0.4, 0.5) is 0 Å². The number of nitrogens with one attached hydrogen (secondary N) is 2. The number of hydrogen-bond donors (Lipinski definition) is 2. The molecule has 1 amide bonds. The van der Waals surface area contributed by atoms with Crippen molar-refractivity contribution in [2.75, 3.05) is 38.5 Å². The van der Waals surface area contributed by atoms with Crippen molar-refractivity contribution in [2.45, 2.75) is 37.5 Å². The van der Waals surface area contributed by atoms with Crippen molar-refractivity contribution in [3.63, 3.8) is 0 Å². The van der Waals surface area contributed by atoms with Gasteiger partial charge >= 0.3 is 0 Å². The number of carbonyl (C=O) groups is 1. The van der Waals surface area contributed by atoms with Crippen LogP contribution in [0.25, 0.3) is 0 Å². The minimum absolute atomic E-state index is 0.129. The van der Waals surface area contributed by atoms with E-state index >= 15 is 0 Å². The van der Waals surface area contributed by atoms with Crippen molar-refractivity contribution in [1.29, 1.82) is 0 Å². The molecule has 0 aliphatic carbocycles. The summed E-state index contributed by atoms with van der Waals surface area (Å²) in [7, 11) is 0. The molecule has 1 aliphatic heterocycles. The van der Waals surface area contributed by atoms with Crippen LogP contribution in [0.15, 0.2) is 38.6 Å². The van der Waals surface area contributed by atoms with Crippen LogP contribution in [0.3, 0.4) is 0 Å². The topological polar surface area (TPSA) is 56.7 Å². The molecule has 1 saturated heterocycles. The molecule has 0 saturated carbocycles. The van der Waals surface area contributed by atoms with Gasteiger partial charge in [-0.05, 0) is 66.4 Å². The Morgan fingerprint density at radius 1 is 1.23 bits per heavy atom. The van der Waals surface area contributed by atoms with E-state index in [1.807, 2.05) is 29.7 Å². The molecule has 0 atom stereocenters. The van der Waals surface area contributed by atoms with Crippen LogP contribution in [0.1, 0.15) is 32.6 Å². The molecule has 2 N–H and O–H groups in total. The zero-order chi connectivity index (χ0) is 18.6. The first-order valence-corrected chi connectivity index (χ1v) is 11.2. The minimum Gasteiger partial charge on any atom is -0.357 e. The Kier molecular flexibility index (Phi) is 9.92. The van der Waals surface area contributed by atoms with Gasteiger partial charge in [0, 0.05) is 35.5 Å². The predicted octanol–water partition coefficient (Wildman–Crippen LogP) is 3.50. The summed E-state index contributed by atoms with van der Waals surface area (Å²) in [5.74, 6) is 1.95. The molecule has 1 aliphatic rings. The molecule has 1 aromatic carbocycles. The Labute approximate surface area is 169 Å². The standard InChI is InChI=1S/C19H29BrN4OS/c1-2-21-19(23-15-18(25)24-12-6-7-13-24)22-11-5-8-14-26-17-10-4-3-9-16(17)20/h3-4,9-10H,2,5-8,11-15H2,1H3,(H2,21,22,23). The third-order valence-electron chi connectivity index (χ3n) is 4.13. The van der Waals surface area contributed by atoms with Gasteiger partial charge in [0.15, 0.2) is 5.96 Å². The second-order valence-corrected chi connectivity index (χ2v) is 8.19. The molecule has 26 heavy (non-hydrogen) atoms. The zero-order valence-corrected chi connectivity index (χ0v) is 17.9. The quantitative estimate of drug-likeness (QED) is 0.267. The van der Waals surface area contributed by atoms with Crippen LogP contribution in [-0.4, -0.2) is 55.2 Å². The summed E-state index contributed by atoms with van der Waals surface area (Å²) in [5, 5.41) is 6.54. The molecule has 0 spiro atoms. The normalized spacial score (nSPS) is 14.5. The minimum atomic E-state index is 0.129. The molecule has 0 radical (unpaired) electrons. The van der Waals surface area contributed by atoms with E-state index in [1.54, 1.807) is 0 Å². The van der Waals surface area contributed by atoms with Crippen LogP contribution in [0.2, 0.25) is 0 Å². The summed E-state index contributed by atoms with van der Waals surface area (Å²) in [5.41, 5.74) is 0. The summed E-state index contributed by atoms with van der Waals surface area (Å²) in [6, 6.07) is 8.32. The molecular formula is C19H29BrN4OS. The number of thioether (sulfide) groups is 1. The van der Waals surface area contributed by atoms with Crippen LogP contribution in [0.5, 0.6) is 0 Å². The SMILES string of the molecule is CCNC(=NCC(=O)N1CCCC1)NCCCCSc1ccccc1Br. The third-order valence-corrected chi connectivity index (χ3v) is 6.25. The van der Waals surface area contributed by atoms with Gasteiger partial charge in [0.05, 0.1) is 0 Å². The van der Waals surface area contributed by atoms with Gasteiger partial charge in [0.25, 0.3) is 0 Å². The van der Waals surface area contributed by atoms with Crippen molar-refractivity contribution in [3.8, 4) is 0 Å². The highest BCUT2D eigenvalue weighted by molar-refractivity contribution is 9.10. The Morgan fingerprint density at radius 2 is 2.00 bits per heavy atom. The zero-order valence-electron chi connectivity index (χ0n) is 15.5. The number of carbonyl (C=O) groups excluding carboxylic acids is 1. The molecule has 0 unspecified atom stereocenters. The van der Waals surface area contributed by atoms with Crippen LogP contribution >= 0.6 is 27.7 Å². The number of nitrogens with zero attached hydrogens (tertiary/aromatic N) is 2. The van der Waals surface area contributed by atoms with Gasteiger partial charge in [-0.15, -0.1) is 11.8 Å². The summed E-state index contributed by atoms with van der Waals surface area (Å²) in [6.07, 6.45) is 4.43. The van der Waals surface area contributed by atoms with Gasteiger partial charge in [0.2, 0.25) is 5.91 Å². The van der Waals surface area contributed by atoms with E-state index in [2.05, 4.69) is 49.8 Å². The first-order valence-electron chi connectivity index (χ1n) is 9.38. The fraction of sp³-hybridized carbons (Fsp3) is 0.579. The van der Waals surface area contributed by atoms with Crippen molar-refractivity contribution in [1.82, 2.24) is 15.5 Å². The van der Waals surface area contributed by atoms with Gasteiger partial charge in [-0.1, -0.05) is 12.1 Å². The van der Waals surface area contributed by atoms with E-state index in [9.17, 15) is 4.79 Å². The second-order valence-electron chi connectivity index (χ2n) is 6.20. The van der Waals surface area contributed by atoms with E-state index in [0.29, 0.717) is 0 Å². The van der Waals surface area contributed by atoms with Gasteiger partial charge in [0.1, 0.15) is 6.54 Å². The number of amides is 1. The van der Waals surface area contributed by atoms with Crippen molar-refractivity contribution >= 4 is 39.6 Å². The maximum atomic E-state index is 12.1. The first-order chi connectivity index (χ1) is 12.7. The molecule has 144 valence electrons. The average Bonchev–Trinajstić information content (AvgIpc) is 3.18. The Balaban J connectivity index is 1.63. The van der Waals surface area contributed by atoms with Crippen molar-refractivity contribution in [3.05, 3.63) is 28.7 Å². The molecule has 1 fully saturated rings. The largest absolute Gasteiger partial charge is 0.357 e. The van der Waals surface area contributed by atoms with Crippen LogP contribution in [-0.2, 0) is 4.79 Å². The second kappa shape index (κ2) is 12.2. The summed E-state index contributed by atoms with van der Waals surface area (Å²) >= 11 is 5.45. The van der Waals surface area contributed by atoms with Crippen molar-refractivity contribution in [2.24, 2.45) is 4.99 Å². The lowest BCUT2D eigenvalue weighted by molar-refractivity contribution is -0.128. The van der Waals surface area contributed by atoms with E-state index < -0.39 is 0 Å². The highest BCUT2D eigenvalue weighted by Crippen LogP contribution is 2.27. The third kappa shape index (κ3) is 7.58. The summed E-state index contributed by atoms with van der Waals surface area (Å²) in [6.45, 7) is 5.68. The highest BCUT2D eigenvalue weighted by atomic mass is 79.9. The molecule has 1 heterocycles. The van der Waals surface area contributed by atoms with E-state index in [1.165, 1.54) is 4.90 Å². The number of halogens is 1. The molecule has 2 rings (SSSR count). The first kappa shape index (κ1) is 21.1. The average molecular weight is 441 g/mol. The molecule has 5 nitrogen and oxygen atoms in total. The summed E-state index contributed by atoms with van der Waals surface area (Å²) < 4.78 is 1.16. The maximum absolute atomic E-state index is 12.1. The molecule has 1 aromatic rings. The van der Waals surface area contributed by atoms with Crippen LogP contribution in [0, 0.1) is 0 Å². The maximum Gasteiger partial charge on any atom is 0.244 e. The monoisotopic (exact) mass is 440 g/mol. The Bertz CT molecular complexity index is 591. The van der Waals surface area contributed by atoms with Crippen molar-refractivity contribution < 1.29 is 4.79 Å². The number of benzene rings is 1. The number of guanidine groups is 1. The number of aliphatic imine (C=N–C) groups is 1. The lowest BCUT2D eigenvalue weighted by Gasteiger charge is -2.15. The summed E-state index contributed by atoms with van der Waals surface area (Å²) in [4.78, 5) is 19.7. The smallest absolute Gasteiger partial charge is 0.244 e. The van der Waals surface area contributed by atoms with Gasteiger partial charge in [-0.25, -0.2) is 4.99 Å². The van der Waals surface area contributed by atoms with E-state index in [0.717, 1.165) is 68.0 Å². The fourth-order valence-electron chi connectivity index (χ4n) is 2.73. The number of hydrogen-bond acceptors (Lipinski definition) is 3. The molecular weight excluding hydrogens is 412 g/mol.